The largest absolute Gasteiger partial charge is 0.323 e. The van der Waals surface area contributed by atoms with Gasteiger partial charge in [-0.05, 0) is 24.6 Å². The lowest BCUT2D eigenvalue weighted by Crippen LogP contribution is -2.35. The first-order valence-corrected chi connectivity index (χ1v) is 6.38. The minimum Gasteiger partial charge on any atom is -0.323 e. The van der Waals surface area contributed by atoms with Crippen molar-refractivity contribution >= 4 is 11.6 Å². The molecule has 5 nitrogen and oxygen atoms in total. The van der Waals surface area contributed by atoms with Crippen LogP contribution in [0, 0.1) is 0 Å². The number of amides is 1. The van der Waals surface area contributed by atoms with Crippen molar-refractivity contribution in [1.82, 2.24) is 9.78 Å². The standard InChI is InChI=1S/C14H18N4O/c1-2-6-11(15)14(19)17-12-7-3-4-8-13(12)18-10-5-9-16-18/h3-5,7-11H,2,6,15H2,1H3,(H,17,19)/t11-/m0/s1. The maximum absolute atomic E-state index is 12.0. The number of hydrogen-bond donors (Lipinski definition) is 2. The topological polar surface area (TPSA) is 72.9 Å². The third-order valence-corrected chi connectivity index (χ3v) is 2.85. The summed E-state index contributed by atoms with van der Waals surface area (Å²) in [6.45, 7) is 2.00. The average molecular weight is 258 g/mol. The third-order valence-electron chi connectivity index (χ3n) is 2.85. The van der Waals surface area contributed by atoms with E-state index in [-0.39, 0.29) is 5.91 Å². The maximum atomic E-state index is 12.0. The Hall–Kier alpha value is -2.14. The maximum Gasteiger partial charge on any atom is 0.241 e. The number of benzene rings is 1. The molecule has 0 spiro atoms. The number of carbonyl (C=O) groups is 1. The lowest BCUT2D eigenvalue weighted by Gasteiger charge is -2.14. The summed E-state index contributed by atoms with van der Waals surface area (Å²) in [6, 6.07) is 8.87. The second-order valence-electron chi connectivity index (χ2n) is 4.35. The summed E-state index contributed by atoms with van der Waals surface area (Å²) in [7, 11) is 0. The minimum absolute atomic E-state index is 0.165. The Morgan fingerprint density at radius 2 is 2.21 bits per heavy atom. The fourth-order valence-corrected chi connectivity index (χ4v) is 1.86. The first-order valence-electron chi connectivity index (χ1n) is 6.38. The molecule has 0 aliphatic heterocycles. The highest BCUT2D eigenvalue weighted by Crippen LogP contribution is 2.19. The average Bonchev–Trinajstić information content (AvgIpc) is 2.93. The van der Waals surface area contributed by atoms with E-state index in [0.29, 0.717) is 12.1 Å². The SMILES string of the molecule is CCC[C@H](N)C(=O)Nc1ccccc1-n1cccn1. The molecular formula is C14H18N4O. The van der Waals surface area contributed by atoms with E-state index < -0.39 is 6.04 Å². The van der Waals surface area contributed by atoms with Crippen LogP contribution < -0.4 is 11.1 Å². The number of nitrogens with two attached hydrogens (primary N) is 1. The zero-order valence-electron chi connectivity index (χ0n) is 10.9. The molecule has 0 saturated heterocycles. The Kier molecular flexibility index (Phi) is 4.30. The molecule has 0 bridgehead atoms. The van der Waals surface area contributed by atoms with Crippen LogP contribution in [0.5, 0.6) is 0 Å². The molecule has 2 aromatic rings. The summed E-state index contributed by atoms with van der Waals surface area (Å²) in [6.07, 6.45) is 5.09. The molecule has 2 rings (SSSR count). The second-order valence-corrected chi connectivity index (χ2v) is 4.35. The van der Waals surface area contributed by atoms with Crippen LogP contribution >= 0.6 is 0 Å². The van der Waals surface area contributed by atoms with Crippen molar-refractivity contribution in [3.8, 4) is 5.69 Å². The summed E-state index contributed by atoms with van der Waals surface area (Å²) in [4.78, 5) is 12.0. The van der Waals surface area contributed by atoms with Gasteiger partial charge in [-0.15, -0.1) is 0 Å². The van der Waals surface area contributed by atoms with Crippen LogP contribution in [0.15, 0.2) is 42.7 Å². The van der Waals surface area contributed by atoms with Crippen molar-refractivity contribution in [2.75, 3.05) is 5.32 Å². The van der Waals surface area contributed by atoms with Crippen molar-refractivity contribution in [3.05, 3.63) is 42.7 Å². The summed E-state index contributed by atoms with van der Waals surface area (Å²) < 4.78 is 1.71. The molecule has 0 radical (unpaired) electrons. The zero-order chi connectivity index (χ0) is 13.7. The number of nitrogens with zero attached hydrogens (tertiary/aromatic N) is 2. The lowest BCUT2D eigenvalue weighted by atomic mass is 10.1. The van der Waals surface area contributed by atoms with Crippen molar-refractivity contribution in [3.63, 3.8) is 0 Å². The van der Waals surface area contributed by atoms with Gasteiger partial charge < -0.3 is 11.1 Å². The van der Waals surface area contributed by atoms with Crippen LogP contribution in [0.4, 0.5) is 5.69 Å². The van der Waals surface area contributed by atoms with Gasteiger partial charge in [-0.1, -0.05) is 25.5 Å². The minimum atomic E-state index is -0.476. The molecule has 0 aliphatic rings. The normalized spacial score (nSPS) is 12.1. The number of rotatable bonds is 5. The van der Waals surface area contributed by atoms with Gasteiger partial charge in [0, 0.05) is 12.4 Å². The van der Waals surface area contributed by atoms with Crippen LogP contribution in [0.3, 0.4) is 0 Å². The summed E-state index contributed by atoms with van der Waals surface area (Å²) >= 11 is 0. The van der Waals surface area contributed by atoms with E-state index in [9.17, 15) is 4.79 Å². The molecule has 0 fully saturated rings. The predicted octanol–water partition coefficient (Wildman–Crippen LogP) is 1.94. The van der Waals surface area contributed by atoms with E-state index in [4.69, 9.17) is 5.73 Å². The van der Waals surface area contributed by atoms with Crippen molar-refractivity contribution in [2.45, 2.75) is 25.8 Å². The van der Waals surface area contributed by atoms with Gasteiger partial charge in [-0.3, -0.25) is 4.79 Å². The second kappa shape index (κ2) is 6.15. The van der Waals surface area contributed by atoms with Crippen molar-refractivity contribution in [1.29, 1.82) is 0 Å². The molecule has 0 saturated carbocycles. The van der Waals surface area contributed by atoms with Gasteiger partial charge in [0.15, 0.2) is 0 Å². The van der Waals surface area contributed by atoms with E-state index in [1.165, 1.54) is 0 Å². The van der Waals surface area contributed by atoms with E-state index >= 15 is 0 Å². The number of nitrogens with one attached hydrogen (secondary N) is 1. The van der Waals surface area contributed by atoms with Gasteiger partial charge in [-0.25, -0.2) is 4.68 Å². The molecule has 1 heterocycles. The van der Waals surface area contributed by atoms with E-state index in [2.05, 4.69) is 10.4 Å². The number of anilines is 1. The van der Waals surface area contributed by atoms with Gasteiger partial charge >= 0.3 is 0 Å². The summed E-state index contributed by atoms with van der Waals surface area (Å²) in [5, 5.41) is 7.03. The van der Waals surface area contributed by atoms with Gasteiger partial charge in [0.25, 0.3) is 0 Å². The molecular weight excluding hydrogens is 240 g/mol. The van der Waals surface area contributed by atoms with Crippen LogP contribution in [-0.4, -0.2) is 21.7 Å². The molecule has 1 amide bonds. The summed E-state index contributed by atoms with van der Waals surface area (Å²) in [5.41, 5.74) is 7.34. The number of aromatic nitrogens is 2. The van der Waals surface area contributed by atoms with E-state index in [1.807, 2.05) is 43.5 Å². The van der Waals surface area contributed by atoms with Gasteiger partial charge in [0.2, 0.25) is 5.91 Å². The Morgan fingerprint density at radius 1 is 1.42 bits per heavy atom. The fourth-order valence-electron chi connectivity index (χ4n) is 1.86. The highest BCUT2D eigenvalue weighted by molar-refractivity contribution is 5.96. The van der Waals surface area contributed by atoms with E-state index in [1.54, 1.807) is 10.9 Å². The molecule has 0 unspecified atom stereocenters. The van der Waals surface area contributed by atoms with Crippen LogP contribution in [0.1, 0.15) is 19.8 Å². The molecule has 1 aromatic heterocycles. The smallest absolute Gasteiger partial charge is 0.241 e. The Balaban J connectivity index is 2.19. The first kappa shape index (κ1) is 13.3. The van der Waals surface area contributed by atoms with Crippen LogP contribution in [-0.2, 0) is 4.79 Å². The number of hydrogen-bond acceptors (Lipinski definition) is 3. The zero-order valence-corrected chi connectivity index (χ0v) is 10.9. The van der Waals surface area contributed by atoms with Gasteiger partial charge in [0.05, 0.1) is 17.4 Å². The monoisotopic (exact) mass is 258 g/mol. The van der Waals surface area contributed by atoms with Crippen LogP contribution in [0.25, 0.3) is 5.69 Å². The third kappa shape index (κ3) is 3.20. The predicted molar refractivity (Wildman–Crippen MR) is 75.1 cm³/mol. The van der Waals surface area contributed by atoms with Gasteiger partial charge in [0.1, 0.15) is 0 Å². The molecule has 0 aliphatic carbocycles. The quantitative estimate of drug-likeness (QED) is 0.860. The van der Waals surface area contributed by atoms with Crippen molar-refractivity contribution in [2.24, 2.45) is 5.73 Å². The number of para-hydroxylation sites is 2. The number of carbonyl (C=O) groups excluding carboxylic acids is 1. The molecule has 5 heteroatoms. The van der Waals surface area contributed by atoms with E-state index in [0.717, 1.165) is 12.1 Å². The first-order chi connectivity index (χ1) is 9.22. The summed E-state index contributed by atoms with van der Waals surface area (Å²) in [5.74, 6) is -0.165. The molecule has 1 atom stereocenters. The Labute approximate surface area is 112 Å². The van der Waals surface area contributed by atoms with Crippen LogP contribution in [0.2, 0.25) is 0 Å². The Bertz CT molecular complexity index is 536. The highest BCUT2D eigenvalue weighted by atomic mass is 16.2. The fraction of sp³-hybridized carbons (Fsp3) is 0.286. The van der Waals surface area contributed by atoms with Crippen molar-refractivity contribution < 1.29 is 4.79 Å². The van der Waals surface area contributed by atoms with Gasteiger partial charge in [-0.2, -0.15) is 5.10 Å². The Morgan fingerprint density at radius 3 is 2.89 bits per heavy atom. The molecule has 1 aromatic carbocycles. The molecule has 3 N–H and O–H groups in total. The highest BCUT2D eigenvalue weighted by Gasteiger charge is 2.14. The molecule has 19 heavy (non-hydrogen) atoms. The molecule has 100 valence electrons. The lowest BCUT2D eigenvalue weighted by molar-refractivity contribution is -0.117.